The maximum absolute atomic E-state index is 12.9. The number of hydrogen-bond donors (Lipinski definition) is 0. The van der Waals surface area contributed by atoms with Gasteiger partial charge in [0.05, 0.1) is 28.2 Å². The number of nitrogens with zero attached hydrogens (tertiary/aromatic N) is 2. The summed E-state index contributed by atoms with van der Waals surface area (Å²) in [5, 5.41) is 11.5. The van der Waals surface area contributed by atoms with Crippen molar-refractivity contribution in [2.75, 3.05) is 11.9 Å². The number of likely N-dealkylation sites (N-methyl/N-ethyl adjacent to an activating group) is 1. The number of carbonyl (C=O) groups is 3. The van der Waals surface area contributed by atoms with Crippen LogP contribution in [0.4, 0.5) is 5.69 Å². The third-order valence-electron chi connectivity index (χ3n) is 4.23. The second-order valence-electron chi connectivity index (χ2n) is 6.14. The molecule has 2 heterocycles. The van der Waals surface area contributed by atoms with Crippen LogP contribution in [-0.4, -0.2) is 40.1 Å². The topological polar surface area (TPSA) is 80.7 Å². The van der Waals surface area contributed by atoms with E-state index in [0.29, 0.717) is 11.3 Å². The Balaban J connectivity index is 2.13. The van der Waals surface area contributed by atoms with E-state index in [9.17, 15) is 19.5 Å². The minimum atomic E-state index is -1.37. The number of rotatable bonds is 3. The number of aliphatic carboxylic acids is 1. The van der Waals surface area contributed by atoms with Gasteiger partial charge >= 0.3 is 0 Å². The molecule has 0 N–H and O–H groups in total. The van der Waals surface area contributed by atoms with Crippen molar-refractivity contribution in [1.29, 1.82) is 0 Å². The van der Waals surface area contributed by atoms with Crippen LogP contribution >= 0.6 is 24.0 Å². The fourth-order valence-corrected chi connectivity index (χ4v) is 4.44. The van der Waals surface area contributed by atoms with Gasteiger partial charge in [-0.15, -0.1) is 0 Å². The first-order valence-electron chi connectivity index (χ1n) is 7.63. The number of fused-ring (bicyclic) bond motifs is 1. The number of hydrogen-bond acceptors (Lipinski definition) is 6. The Kier molecular flexibility index (Phi) is 4.42. The van der Waals surface area contributed by atoms with Crippen molar-refractivity contribution in [2.45, 2.75) is 19.9 Å². The Labute approximate surface area is 154 Å². The van der Waals surface area contributed by atoms with Crippen LogP contribution in [0.3, 0.4) is 0 Å². The molecule has 1 aromatic rings. The fraction of sp³-hybridized carbons (Fsp3) is 0.294. The van der Waals surface area contributed by atoms with Crippen molar-refractivity contribution < 1.29 is 19.5 Å². The van der Waals surface area contributed by atoms with E-state index in [4.69, 9.17) is 12.2 Å². The van der Waals surface area contributed by atoms with Crippen LogP contribution in [-0.2, 0) is 14.4 Å². The summed E-state index contributed by atoms with van der Waals surface area (Å²) in [4.78, 5) is 39.8. The minimum Gasteiger partial charge on any atom is -0.548 e. The van der Waals surface area contributed by atoms with Crippen molar-refractivity contribution in [2.24, 2.45) is 5.92 Å². The summed E-state index contributed by atoms with van der Waals surface area (Å²) in [5.41, 5.74) is 1.61. The SMILES string of the molecule is CC(C)[C@@H](C(=O)[O-])N1C(=O)/C(=C2/C(=O)N(C)c3ccccc32)SC1=S. The van der Waals surface area contributed by atoms with Crippen LogP contribution in [0.5, 0.6) is 0 Å². The number of amides is 2. The van der Waals surface area contributed by atoms with Gasteiger partial charge in [0.25, 0.3) is 11.8 Å². The lowest BCUT2D eigenvalue weighted by molar-refractivity contribution is -0.311. The van der Waals surface area contributed by atoms with E-state index in [2.05, 4.69) is 0 Å². The summed E-state index contributed by atoms with van der Waals surface area (Å²) in [6.07, 6.45) is 0. The third-order valence-corrected chi connectivity index (χ3v) is 5.63. The summed E-state index contributed by atoms with van der Waals surface area (Å²) in [6, 6.07) is 5.97. The smallest absolute Gasteiger partial charge is 0.267 e. The van der Waals surface area contributed by atoms with Gasteiger partial charge in [0.15, 0.2) is 0 Å². The molecular formula is C17H15N2O4S2-. The molecule has 3 rings (SSSR count). The van der Waals surface area contributed by atoms with Crippen LogP contribution in [0, 0.1) is 5.92 Å². The predicted molar refractivity (Wildman–Crippen MR) is 97.4 cm³/mol. The summed E-state index contributed by atoms with van der Waals surface area (Å²) < 4.78 is 0.121. The Morgan fingerprint density at radius 1 is 1.20 bits per heavy atom. The molecule has 1 atom stereocenters. The molecule has 0 saturated carbocycles. The van der Waals surface area contributed by atoms with Crippen LogP contribution in [0.25, 0.3) is 5.57 Å². The van der Waals surface area contributed by atoms with E-state index < -0.39 is 17.9 Å². The van der Waals surface area contributed by atoms with Gasteiger partial charge in [0, 0.05) is 12.6 Å². The molecule has 2 aliphatic rings. The van der Waals surface area contributed by atoms with Crippen LogP contribution < -0.4 is 10.0 Å². The molecule has 2 aliphatic heterocycles. The highest BCUT2D eigenvalue weighted by atomic mass is 32.2. The van der Waals surface area contributed by atoms with Gasteiger partial charge in [-0.25, -0.2) is 0 Å². The van der Waals surface area contributed by atoms with Gasteiger partial charge < -0.3 is 14.8 Å². The minimum absolute atomic E-state index is 0.121. The van der Waals surface area contributed by atoms with E-state index in [1.54, 1.807) is 39.1 Å². The molecule has 25 heavy (non-hydrogen) atoms. The van der Waals surface area contributed by atoms with Gasteiger partial charge in [-0.1, -0.05) is 56.0 Å². The van der Waals surface area contributed by atoms with Gasteiger partial charge in [0.1, 0.15) is 4.32 Å². The fourth-order valence-electron chi connectivity index (χ4n) is 3.04. The molecule has 1 saturated heterocycles. The average molecular weight is 375 g/mol. The normalized spacial score (nSPS) is 21.4. The molecule has 0 aliphatic carbocycles. The Morgan fingerprint density at radius 3 is 2.44 bits per heavy atom. The standard InChI is InChI=1S/C17H16N2O4S2/c1-8(2)12(16(22)23)19-15(21)13(25-17(19)24)11-9-6-4-5-7-10(9)18(3)14(11)20/h4-8,12H,1-3H3,(H,22,23)/p-1/b13-11-/t12-/m0/s1. The maximum Gasteiger partial charge on any atom is 0.267 e. The van der Waals surface area contributed by atoms with Crippen molar-refractivity contribution in [3.63, 3.8) is 0 Å². The molecule has 1 aromatic carbocycles. The number of thioether (sulfide) groups is 1. The van der Waals surface area contributed by atoms with Gasteiger partial charge in [-0.05, 0) is 12.0 Å². The highest BCUT2D eigenvalue weighted by Crippen LogP contribution is 2.44. The number of carboxylic acids is 1. The third kappa shape index (κ3) is 2.65. The quantitative estimate of drug-likeness (QED) is 0.579. The Bertz CT molecular complexity index is 847. The van der Waals surface area contributed by atoms with Gasteiger partial charge in [-0.2, -0.15) is 0 Å². The van der Waals surface area contributed by atoms with Gasteiger partial charge in [0.2, 0.25) is 0 Å². The zero-order chi connectivity index (χ0) is 18.5. The Morgan fingerprint density at radius 2 is 1.84 bits per heavy atom. The van der Waals surface area contributed by atoms with Crippen molar-refractivity contribution in [1.82, 2.24) is 4.90 Å². The lowest BCUT2D eigenvalue weighted by Gasteiger charge is -2.30. The first-order valence-corrected chi connectivity index (χ1v) is 8.86. The maximum atomic E-state index is 12.9. The van der Waals surface area contributed by atoms with Crippen LogP contribution in [0.2, 0.25) is 0 Å². The molecule has 6 nitrogen and oxygen atoms in total. The van der Waals surface area contributed by atoms with E-state index in [-0.39, 0.29) is 26.6 Å². The second-order valence-corrected chi connectivity index (χ2v) is 7.78. The summed E-state index contributed by atoms with van der Waals surface area (Å²) in [7, 11) is 1.63. The highest BCUT2D eigenvalue weighted by Gasteiger charge is 2.44. The number of anilines is 1. The molecule has 2 amide bonds. The average Bonchev–Trinajstić information content (AvgIpc) is 2.96. The molecule has 0 aromatic heterocycles. The lowest BCUT2D eigenvalue weighted by atomic mass is 10.0. The monoisotopic (exact) mass is 375 g/mol. The number of carboxylic acid groups (broad SMARTS) is 1. The molecule has 0 bridgehead atoms. The lowest BCUT2D eigenvalue weighted by Crippen LogP contribution is -2.52. The molecule has 0 unspecified atom stereocenters. The van der Waals surface area contributed by atoms with Crippen LogP contribution in [0.15, 0.2) is 29.2 Å². The largest absolute Gasteiger partial charge is 0.548 e. The molecular weight excluding hydrogens is 360 g/mol. The zero-order valence-corrected chi connectivity index (χ0v) is 15.4. The van der Waals surface area contributed by atoms with E-state index in [1.165, 1.54) is 4.90 Å². The number of para-hydroxylation sites is 1. The number of carbonyl (C=O) groups excluding carboxylic acids is 3. The van der Waals surface area contributed by atoms with Crippen molar-refractivity contribution >= 4 is 57.3 Å². The van der Waals surface area contributed by atoms with Crippen molar-refractivity contribution in [3.8, 4) is 0 Å². The molecule has 1 fully saturated rings. The highest BCUT2D eigenvalue weighted by molar-refractivity contribution is 8.26. The molecule has 130 valence electrons. The summed E-state index contributed by atoms with van der Waals surface area (Å²) >= 11 is 6.19. The van der Waals surface area contributed by atoms with E-state index in [0.717, 1.165) is 16.7 Å². The summed E-state index contributed by atoms with van der Waals surface area (Å²) in [6.45, 7) is 3.35. The van der Waals surface area contributed by atoms with Gasteiger partial charge in [-0.3, -0.25) is 14.5 Å². The van der Waals surface area contributed by atoms with Crippen molar-refractivity contribution in [3.05, 3.63) is 34.7 Å². The first-order chi connectivity index (χ1) is 11.8. The number of thiocarbonyl (C=S) groups is 1. The summed E-state index contributed by atoms with van der Waals surface area (Å²) in [5.74, 6) is -2.62. The molecule has 8 heteroatoms. The zero-order valence-electron chi connectivity index (χ0n) is 13.8. The number of benzene rings is 1. The first kappa shape index (κ1) is 17.6. The Hall–Kier alpha value is -2.19. The molecule has 0 radical (unpaired) electrons. The second kappa shape index (κ2) is 6.27. The van der Waals surface area contributed by atoms with E-state index in [1.807, 2.05) is 6.07 Å². The predicted octanol–water partition coefficient (Wildman–Crippen LogP) is 1.01. The molecule has 0 spiro atoms. The van der Waals surface area contributed by atoms with E-state index >= 15 is 0 Å². The van der Waals surface area contributed by atoms with Crippen LogP contribution in [0.1, 0.15) is 19.4 Å².